The molecule has 1 saturated heterocycles. The molecule has 118 valence electrons. The summed E-state index contributed by atoms with van der Waals surface area (Å²) in [4.78, 5) is 13.9. The first kappa shape index (κ1) is 15.8. The lowest BCUT2D eigenvalue weighted by atomic mass is 10.1. The van der Waals surface area contributed by atoms with Gasteiger partial charge in [0.2, 0.25) is 15.9 Å². The summed E-state index contributed by atoms with van der Waals surface area (Å²) in [7, 11) is -3.49. The topological polar surface area (TPSA) is 83.7 Å². The zero-order valence-corrected chi connectivity index (χ0v) is 13.2. The van der Waals surface area contributed by atoms with E-state index < -0.39 is 10.0 Å². The van der Waals surface area contributed by atoms with Gasteiger partial charge < -0.3 is 9.42 Å². The Balaban J connectivity index is 2.01. The molecule has 2 heterocycles. The van der Waals surface area contributed by atoms with Crippen molar-refractivity contribution in [2.24, 2.45) is 0 Å². The highest BCUT2D eigenvalue weighted by molar-refractivity contribution is 7.92. The first-order valence-electron chi connectivity index (χ1n) is 7.07. The molecule has 1 aliphatic rings. The monoisotopic (exact) mass is 315 g/mol. The summed E-state index contributed by atoms with van der Waals surface area (Å²) in [5.74, 6) is 0.742. The van der Waals surface area contributed by atoms with E-state index in [1.54, 1.807) is 17.9 Å². The number of anilines is 1. The third-order valence-corrected chi connectivity index (χ3v) is 4.68. The van der Waals surface area contributed by atoms with Crippen molar-refractivity contribution in [3.8, 4) is 0 Å². The van der Waals surface area contributed by atoms with E-state index in [9.17, 15) is 13.2 Å². The van der Waals surface area contributed by atoms with Gasteiger partial charge in [-0.05, 0) is 26.2 Å². The van der Waals surface area contributed by atoms with Crippen LogP contribution in [0.25, 0.3) is 0 Å². The number of likely N-dealkylation sites (tertiary alicyclic amines) is 1. The third kappa shape index (κ3) is 4.20. The number of aromatic nitrogens is 1. The molecule has 8 heteroatoms. The van der Waals surface area contributed by atoms with Gasteiger partial charge in [-0.15, -0.1) is 0 Å². The lowest BCUT2D eigenvalue weighted by Gasteiger charge is -2.27. The Morgan fingerprint density at radius 1 is 1.38 bits per heavy atom. The van der Waals surface area contributed by atoms with Gasteiger partial charge in [0, 0.05) is 32.1 Å². The second-order valence-electron chi connectivity index (χ2n) is 5.32. The SMILES string of the molecule is Cc1cc(N(CCC(=O)N2CCCCC2)S(C)(=O)=O)no1. The number of sulfonamides is 1. The minimum absolute atomic E-state index is 0.0106. The zero-order valence-electron chi connectivity index (χ0n) is 12.4. The molecule has 0 radical (unpaired) electrons. The molecule has 1 aliphatic heterocycles. The summed E-state index contributed by atoms with van der Waals surface area (Å²) in [5.41, 5.74) is 0. The Morgan fingerprint density at radius 3 is 2.57 bits per heavy atom. The fraction of sp³-hybridized carbons (Fsp3) is 0.692. The van der Waals surface area contributed by atoms with Crippen molar-refractivity contribution in [2.45, 2.75) is 32.6 Å². The van der Waals surface area contributed by atoms with Crippen LogP contribution in [0.15, 0.2) is 10.6 Å². The Kier molecular flexibility index (Phi) is 4.87. The van der Waals surface area contributed by atoms with Crippen molar-refractivity contribution in [3.63, 3.8) is 0 Å². The molecule has 0 spiro atoms. The van der Waals surface area contributed by atoms with Crippen LogP contribution >= 0.6 is 0 Å². The number of rotatable bonds is 5. The fourth-order valence-corrected chi connectivity index (χ4v) is 3.27. The molecule has 2 rings (SSSR count). The van der Waals surface area contributed by atoms with E-state index >= 15 is 0 Å². The molecule has 1 fully saturated rings. The average Bonchev–Trinajstić information content (AvgIpc) is 2.84. The highest BCUT2D eigenvalue weighted by atomic mass is 32.2. The number of piperidine rings is 1. The average molecular weight is 315 g/mol. The molecule has 0 aliphatic carbocycles. The third-order valence-electron chi connectivity index (χ3n) is 3.51. The molecule has 7 nitrogen and oxygen atoms in total. The molecular formula is C13H21N3O4S. The lowest BCUT2D eigenvalue weighted by molar-refractivity contribution is -0.131. The maximum atomic E-state index is 12.1. The van der Waals surface area contributed by atoms with Crippen LogP contribution in [0.2, 0.25) is 0 Å². The molecule has 0 N–H and O–H groups in total. The van der Waals surface area contributed by atoms with E-state index in [0.717, 1.165) is 42.9 Å². The predicted octanol–water partition coefficient (Wildman–Crippen LogP) is 1.15. The second-order valence-corrected chi connectivity index (χ2v) is 7.23. The van der Waals surface area contributed by atoms with Crippen LogP contribution in [0.5, 0.6) is 0 Å². The van der Waals surface area contributed by atoms with Gasteiger partial charge in [-0.1, -0.05) is 5.16 Å². The number of hydrogen-bond donors (Lipinski definition) is 0. The minimum Gasteiger partial charge on any atom is -0.360 e. The highest BCUT2D eigenvalue weighted by Crippen LogP contribution is 2.18. The summed E-state index contributed by atoms with van der Waals surface area (Å²) in [6, 6.07) is 1.55. The largest absolute Gasteiger partial charge is 0.360 e. The van der Waals surface area contributed by atoms with E-state index in [0.29, 0.717) is 5.76 Å². The first-order valence-corrected chi connectivity index (χ1v) is 8.91. The normalized spacial score (nSPS) is 16.0. The van der Waals surface area contributed by atoms with Crippen LogP contribution < -0.4 is 4.31 Å². The number of hydrogen-bond acceptors (Lipinski definition) is 5. The Morgan fingerprint density at radius 2 is 2.05 bits per heavy atom. The van der Waals surface area contributed by atoms with E-state index in [2.05, 4.69) is 5.16 Å². The second kappa shape index (κ2) is 6.46. The van der Waals surface area contributed by atoms with Gasteiger partial charge in [-0.2, -0.15) is 0 Å². The van der Waals surface area contributed by atoms with Gasteiger partial charge in [-0.25, -0.2) is 8.42 Å². The summed E-state index contributed by atoms with van der Waals surface area (Å²) in [6.45, 7) is 3.30. The van der Waals surface area contributed by atoms with Crippen LogP contribution in [-0.4, -0.2) is 50.3 Å². The van der Waals surface area contributed by atoms with Gasteiger partial charge >= 0.3 is 0 Å². The van der Waals surface area contributed by atoms with Crippen molar-refractivity contribution in [2.75, 3.05) is 30.2 Å². The molecule has 0 aromatic carbocycles. The number of aryl methyl sites for hydroxylation is 1. The van der Waals surface area contributed by atoms with Crippen LogP contribution in [0.1, 0.15) is 31.4 Å². The molecular weight excluding hydrogens is 294 g/mol. The lowest BCUT2D eigenvalue weighted by Crippen LogP contribution is -2.39. The Labute approximate surface area is 124 Å². The summed E-state index contributed by atoms with van der Waals surface area (Å²) in [6.07, 6.45) is 4.44. The quantitative estimate of drug-likeness (QED) is 0.814. The molecule has 0 saturated carbocycles. The molecule has 0 bridgehead atoms. The van der Waals surface area contributed by atoms with Gasteiger partial charge in [0.1, 0.15) is 5.76 Å². The molecule has 1 aromatic heterocycles. The molecule has 0 unspecified atom stereocenters. The zero-order chi connectivity index (χ0) is 15.5. The van der Waals surface area contributed by atoms with Crippen molar-refractivity contribution in [3.05, 3.63) is 11.8 Å². The van der Waals surface area contributed by atoms with Crippen LogP contribution in [0.3, 0.4) is 0 Å². The maximum absolute atomic E-state index is 12.1. The van der Waals surface area contributed by atoms with Gasteiger partial charge in [-0.3, -0.25) is 9.10 Å². The predicted molar refractivity (Wildman–Crippen MR) is 78.5 cm³/mol. The Bertz CT molecular complexity index is 590. The minimum atomic E-state index is -3.49. The van der Waals surface area contributed by atoms with Gasteiger partial charge in [0.15, 0.2) is 5.82 Å². The van der Waals surface area contributed by atoms with E-state index in [1.807, 2.05) is 0 Å². The fourth-order valence-electron chi connectivity index (χ4n) is 2.42. The molecule has 1 aromatic rings. The number of carbonyl (C=O) groups is 1. The standard InChI is InChI=1S/C13H21N3O4S/c1-11-10-12(14-20-11)16(21(2,18)19)9-6-13(17)15-7-4-3-5-8-15/h10H,3-9H2,1-2H3. The smallest absolute Gasteiger partial charge is 0.233 e. The van der Waals surface area contributed by atoms with Crippen molar-refractivity contribution in [1.82, 2.24) is 10.1 Å². The van der Waals surface area contributed by atoms with Crippen molar-refractivity contribution in [1.29, 1.82) is 0 Å². The van der Waals surface area contributed by atoms with E-state index in [-0.39, 0.29) is 24.7 Å². The number of amides is 1. The van der Waals surface area contributed by atoms with Gasteiger partial charge in [0.25, 0.3) is 0 Å². The highest BCUT2D eigenvalue weighted by Gasteiger charge is 2.23. The van der Waals surface area contributed by atoms with Gasteiger partial charge in [0.05, 0.1) is 6.26 Å². The summed E-state index contributed by atoms with van der Waals surface area (Å²) < 4.78 is 29.7. The Hall–Kier alpha value is -1.57. The maximum Gasteiger partial charge on any atom is 0.233 e. The summed E-state index contributed by atoms with van der Waals surface area (Å²) >= 11 is 0. The molecule has 21 heavy (non-hydrogen) atoms. The van der Waals surface area contributed by atoms with Crippen molar-refractivity contribution < 1.29 is 17.7 Å². The first-order chi connectivity index (χ1) is 9.88. The number of carbonyl (C=O) groups excluding carboxylic acids is 1. The molecule has 1 amide bonds. The van der Waals surface area contributed by atoms with Crippen LogP contribution in [0.4, 0.5) is 5.82 Å². The van der Waals surface area contributed by atoms with Crippen LogP contribution in [-0.2, 0) is 14.8 Å². The summed E-state index contributed by atoms with van der Waals surface area (Å²) in [5, 5.41) is 3.72. The van der Waals surface area contributed by atoms with E-state index in [1.165, 1.54) is 0 Å². The molecule has 0 atom stereocenters. The van der Waals surface area contributed by atoms with Crippen LogP contribution in [0, 0.1) is 6.92 Å². The van der Waals surface area contributed by atoms with E-state index in [4.69, 9.17) is 4.52 Å². The van der Waals surface area contributed by atoms with Crippen molar-refractivity contribution >= 4 is 21.7 Å². The number of nitrogens with zero attached hydrogens (tertiary/aromatic N) is 3.